The third-order valence-electron chi connectivity index (χ3n) is 3.09. The van der Waals surface area contributed by atoms with E-state index in [-0.39, 0.29) is 12.0 Å². The summed E-state index contributed by atoms with van der Waals surface area (Å²) in [7, 11) is 0. The predicted octanol–water partition coefficient (Wildman–Crippen LogP) is 3.08. The summed E-state index contributed by atoms with van der Waals surface area (Å²) >= 11 is 1.55. The highest BCUT2D eigenvalue weighted by atomic mass is 32.2. The second-order valence-electron chi connectivity index (χ2n) is 4.60. The van der Waals surface area contributed by atoms with Crippen LogP contribution in [0.5, 0.6) is 0 Å². The number of hydrogen-bond donors (Lipinski definition) is 1. The molecule has 0 saturated heterocycles. The molecule has 1 aromatic rings. The Morgan fingerprint density at radius 2 is 2.11 bits per heavy atom. The number of amides is 1. The molecule has 98 valence electrons. The van der Waals surface area contributed by atoms with Crippen molar-refractivity contribution in [3.05, 3.63) is 29.8 Å². The molecule has 1 amide bonds. The van der Waals surface area contributed by atoms with Gasteiger partial charge in [-0.05, 0) is 31.4 Å². The van der Waals surface area contributed by atoms with Crippen LogP contribution in [0.1, 0.15) is 31.2 Å². The van der Waals surface area contributed by atoms with Gasteiger partial charge in [0, 0.05) is 4.90 Å². The topological polar surface area (TPSA) is 38.3 Å². The minimum absolute atomic E-state index is 0.0600. The van der Waals surface area contributed by atoms with Crippen LogP contribution in [0.3, 0.4) is 0 Å². The maximum Gasteiger partial charge on any atom is 0.253 e. The normalized spacial score (nSPS) is 15.8. The molecule has 0 heterocycles. The second-order valence-corrected chi connectivity index (χ2v) is 5.62. The van der Waals surface area contributed by atoms with Crippen LogP contribution in [0.2, 0.25) is 0 Å². The Hall–Kier alpha value is -1.00. The minimum atomic E-state index is -0.0600. The van der Waals surface area contributed by atoms with E-state index in [1.807, 2.05) is 18.2 Å². The van der Waals surface area contributed by atoms with E-state index < -0.39 is 0 Å². The van der Waals surface area contributed by atoms with Crippen molar-refractivity contribution in [2.24, 2.45) is 0 Å². The van der Waals surface area contributed by atoms with Crippen LogP contribution in [0.4, 0.5) is 0 Å². The Balaban J connectivity index is 1.69. The van der Waals surface area contributed by atoms with Crippen LogP contribution < -0.4 is 5.48 Å². The van der Waals surface area contributed by atoms with E-state index in [0.717, 1.165) is 17.7 Å². The van der Waals surface area contributed by atoms with Gasteiger partial charge in [-0.15, -0.1) is 11.8 Å². The fourth-order valence-electron chi connectivity index (χ4n) is 2.05. The monoisotopic (exact) mass is 265 g/mol. The first-order valence-corrected chi connectivity index (χ1v) is 7.37. The van der Waals surface area contributed by atoms with Crippen molar-refractivity contribution in [3.63, 3.8) is 0 Å². The number of nitrogens with one attached hydrogen (secondary N) is 1. The van der Waals surface area contributed by atoms with E-state index in [0.29, 0.717) is 5.75 Å². The molecule has 1 aliphatic rings. The van der Waals surface area contributed by atoms with Crippen molar-refractivity contribution in [3.8, 4) is 0 Å². The largest absolute Gasteiger partial charge is 0.272 e. The Labute approximate surface area is 112 Å². The van der Waals surface area contributed by atoms with Crippen LogP contribution in [-0.2, 0) is 9.63 Å². The zero-order valence-corrected chi connectivity index (χ0v) is 11.5. The summed E-state index contributed by atoms with van der Waals surface area (Å²) in [5.41, 5.74) is 3.76. The summed E-state index contributed by atoms with van der Waals surface area (Å²) in [6, 6.07) is 8.07. The van der Waals surface area contributed by atoms with Gasteiger partial charge < -0.3 is 0 Å². The molecule has 18 heavy (non-hydrogen) atoms. The smallest absolute Gasteiger partial charge is 0.253 e. The predicted molar refractivity (Wildman–Crippen MR) is 73.4 cm³/mol. The number of hydroxylamine groups is 1. The molecule has 3 nitrogen and oxygen atoms in total. The molecular formula is C14H19NO2S. The van der Waals surface area contributed by atoms with E-state index in [9.17, 15) is 4.79 Å². The van der Waals surface area contributed by atoms with Gasteiger partial charge in [0.1, 0.15) is 0 Å². The van der Waals surface area contributed by atoms with Gasteiger partial charge in [-0.2, -0.15) is 0 Å². The molecule has 0 radical (unpaired) electrons. The third kappa shape index (κ3) is 4.03. The molecule has 0 aromatic heterocycles. The van der Waals surface area contributed by atoms with Gasteiger partial charge in [-0.3, -0.25) is 9.63 Å². The zero-order valence-electron chi connectivity index (χ0n) is 10.6. The summed E-state index contributed by atoms with van der Waals surface area (Å²) in [4.78, 5) is 18.1. The second kappa shape index (κ2) is 6.81. The molecule has 0 bridgehead atoms. The average molecular weight is 265 g/mol. The third-order valence-corrected chi connectivity index (χ3v) is 4.27. The van der Waals surface area contributed by atoms with Gasteiger partial charge >= 0.3 is 0 Å². The molecule has 0 spiro atoms. The van der Waals surface area contributed by atoms with Crippen LogP contribution in [0.25, 0.3) is 0 Å². The van der Waals surface area contributed by atoms with Gasteiger partial charge in [-0.1, -0.05) is 31.0 Å². The summed E-state index contributed by atoms with van der Waals surface area (Å²) in [5, 5.41) is 0. The van der Waals surface area contributed by atoms with E-state index >= 15 is 0 Å². The number of rotatable bonds is 5. The van der Waals surface area contributed by atoms with Gasteiger partial charge in [0.15, 0.2) is 0 Å². The molecular weight excluding hydrogens is 246 g/mol. The van der Waals surface area contributed by atoms with E-state index in [2.05, 4.69) is 18.5 Å². The lowest BCUT2D eigenvalue weighted by atomic mass is 10.2. The number of carbonyl (C=O) groups excluding carboxylic acids is 1. The lowest BCUT2D eigenvalue weighted by Gasteiger charge is -2.11. The van der Waals surface area contributed by atoms with Crippen molar-refractivity contribution < 1.29 is 9.63 Å². The highest BCUT2D eigenvalue weighted by Crippen LogP contribution is 2.22. The van der Waals surface area contributed by atoms with Crippen molar-refractivity contribution in [1.82, 2.24) is 5.48 Å². The first-order chi connectivity index (χ1) is 8.75. The van der Waals surface area contributed by atoms with Crippen molar-refractivity contribution >= 4 is 17.7 Å². The fourth-order valence-corrected chi connectivity index (χ4v) is 2.86. The van der Waals surface area contributed by atoms with E-state index in [4.69, 9.17) is 4.84 Å². The first kappa shape index (κ1) is 13.4. The molecule has 1 aromatic carbocycles. The van der Waals surface area contributed by atoms with Crippen LogP contribution in [-0.4, -0.2) is 17.8 Å². The van der Waals surface area contributed by atoms with Crippen LogP contribution >= 0.6 is 11.8 Å². The number of hydrogen-bond acceptors (Lipinski definition) is 3. The number of aryl methyl sites for hydroxylation is 1. The SMILES string of the molecule is Cc1ccccc1SCC(=O)NOC1CCCC1. The molecule has 0 atom stereocenters. The molecule has 1 fully saturated rings. The highest BCUT2D eigenvalue weighted by molar-refractivity contribution is 8.00. The quantitative estimate of drug-likeness (QED) is 0.657. The standard InChI is InChI=1S/C14H19NO2S/c1-11-6-2-5-9-13(11)18-10-14(16)15-17-12-7-3-4-8-12/h2,5-6,9,12H,3-4,7-8,10H2,1H3,(H,15,16). The molecule has 0 aliphatic heterocycles. The molecule has 2 rings (SSSR count). The maximum absolute atomic E-state index is 11.6. The Bertz CT molecular complexity index is 403. The average Bonchev–Trinajstić information content (AvgIpc) is 2.88. The van der Waals surface area contributed by atoms with E-state index in [1.54, 1.807) is 11.8 Å². The maximum atomic E-state index is 11.6. The molecule has 1 aliphatic carbocycles. The van der Waals surface area contributed by atoms with Gasteiger partial charge in [0.2, 0.25) is 0 Å². The van der Waals surface area contributed by atoms with Gasteiger partial charge in [0.25, 0.3) is 5.91 Å². The molecule has 4 heteroatoms. The lowest BCUT2D eigenvalue weighted by molar-refractivity contribution is -0.135. The lowest BCUT2D eigenvalue weighted by Crippen LogP contribution is -2.29. The zero-order chi connectivity index (χ0) is 12.8. The summed E-state index contributed by atoms with van der Waals surface area (Å²) in [5.74, 6) is 0.340. The number of thioether (sulfide) groups is 1. The van der Waals surface area contributed by atoms with E-state index in [1.165, 1.54) is 18.4 Å². The highest BCUT2D eigenvalue weighted by Gasteiger charge is 2.16. The summed E-state index contributed by atoms with van der Waals surface area (Å²) in [6.45, 7) is 2.05. The van der Waals surface area contributed by atoms with Crippen molar-refractivity contribution in [2.75, 3.05) is 5.75 Å². The Morgan fingerprint density at radius 3 is 2.83 bits per heavy atom. The van der Waals surface area contributed by atoms with Gasteiger partial charge in [-0.25, -0.2) is 5.48 Å². The number of carbonyl (C=O) groups is 1. The molecule has 0 unspecified atom stereocenters. The number of benzene rings is 1. The Morgan fingerprint density at radius 1 is 1.39 bits per heavy atom. The summed E-state index contributed by atoms with van der Waals surface area (Å²) < 4.78 is 0. The van der Waals surface area contributed by atoms with Crippen LogP contribution in [0.15, 0.2) is 29.2 Å². The fraction of sp³-hybridized carbons (Fsp3) is 0.500. The van der Waals surface area contributed by atoms with Crippen molar-refractivity contribution in [2.45, 2.75) is 43.6 Å². The van der Waals surface area contributed by atoms with Crippen LogP contribution in [0, 0.1) is 6.92 Å². The van der Waals surface area contributed by atoms with Crippen molar-refractivity contribution in [1.29, 1.82) is 0 Å². The molecule has 1 N–H and O–H groups in total. The molecule has 1 saturated carbocycles. The minimum Gasteiger partial charge on any atom is -0.272 e. The first-order valence-electron chi connectivity index (χ1n) is 6.38. The Kier molecular flexibility index (Phi) is 5.08. The summed E-state index contributed by atoms with van der Waals surface area (Å²) in [6.07, 6.45) is 4.75. The van der Waals surface area contributed by atoms with Gasteiger partial charge in [0.05, 0.1) is 11.9 Å².